The molecule has 184 valence electrons. The van der Waals surface area contributed by atoms with E-state index in [0.29, 0.717) is 61.5 Å². The quantitative estimate of drug-likeness (QED) is 0.564. The fraction of sp³-hybridized carbons (Fsp3) is 0.667. The molecule has 0 aromatic heterocycles. The molecule has 0 bridgehead atoms. The SMILES string of the molecule is CCN1CCC[C@@H]1CN(CCC(=O)N1CCNCC1)C(=O)c1cc(OC)c(OC)c(OC)c1. The molecular formula is C24H38N4O5. The van der Waals surface area contributed by atoms with Crippen LogP contribution in [0.25, 0.3) is 0 Å². The Kier molecular flexibility index (Phi) is 9.20. The van der Waals surface area contributed by atoms with Crippen LogP contribution in [0.5, 0.6) is 17.2 Å². The van der Waals surface area contributed by atoms with Crippen LogP contribution < -0.4 is 19.5 Å². The predicted octanol–water partition coefficient (Wildman–Crippen LogP) is 1.46. The summed E-state index contributed by atoms with van der Waals surface area (Å²) in [7, 11) is 4.61. The molecule has 9 nitrogen and oxygen atoms in total. The number of rotatable bonds is 10. The maximum absolute atomic E-state index is 13.7. The third-order valence-electron chi connectivity index (χ3n) is 6.60. The standard InChI is InChI=1S/C24H38N4O5/c1-5-26-11-6-7-19(26)17-28(12-8-22(29)27-13-9-25-10-14-27)24(30)18-15-20(31-2)23(33-4)21(16-18)32-3/h15-16,19,25H,5-14,17H2,1-4H3/t19-/m1/s1. The zero-order chi connectivity index (χ0) is 23.8. The Morgan fingerprint density at radius 1 is 1.06 bits per heavy atom. The molecule has 2 aliphatic rings. The van der Waals surface area contributed by atoms with Crippen molar-refractivity contribution in [2.45, 2.75) is 32.2 Å². The van der Waals surface area contributed by atoms with Crippen LogP contribution in [0.15, 0.2) is 12.1 Å². The molecule has 3 rings (SSSR count). The van der Waals surface area contributed by atoms with Gasteiger partial charge in [0.15, 0.2) is 11.5 Å². The first kappa shape index (κ1) is 25.1. The molecule has 0 radical (unpaired) electrons. The van der Waals surface area contributed by atoms with E-state index in [0.717, 1.165) is 39.0 Å². The molecule has 0 spiro atoms. The van der Waals surface area contributed by atoms with Crippen molar-refractivity contribution in [3.05, 3.63) is 17.7 Å². The molecule has 0 unspecified atom stereocenters. The Morgan fingerprint density at radius 3 is 2.30 bits per heavy atom. The number of carbonyl (C=O) groups is 2. The van der Waals surface area contributed by atoms with Crippen molar-refractivity contribution in [3.63, 3.8) is 0 Å². The topological polar surface area (TPSA) is 83.6 Å². The van der Waals surface area contributed by atoms with E-state index in [4.69, 9.17) is 14.2 Å². The van der Waals surface area contributed by atoms with Crippen molar-refractivity contribution in [3.8, 4) is 17.2 Å². The van der Waals surface area contributed by atoms with E-state index < -0.39 is 0 Å². The Morgan fingerprint density at radius 2 is 1.73 bits per heavy atom. The summed E-state index contributed by atoms with van der Waals surface area (Å²) < 4.78 is 16.3. The van der Waals surface area contributed by atoms with Gasteiger partial charge in [0.25, 0.3) is 5.91 Å². The van der Waals surface area contributed by atoms with Crippen molar-refractivity contribution >= 4 is 11.8 Å². The van der Waals surface area contributed by atoms with Crippen LogP contribution in [0.4, 0.5) is 0 Å². The molecule has 2 heterocycles. The van der Waals surface area contributed by atoms with E-state index in [-0.39, 0.29) is 11.8 Å². The second-order valence-electron chi connectivity index (χ2n) is 8.47. The van der Waals surface area contributed by atoms with Gasteiger partial charge in [-0.2, -0.15) is 0 Å². The van der Waals surface area contributed by atoms with Crippen molar-refractivity contribution in [1.82, 2.24) is 20.0 Å². The number of nitrogens with zero attached hydrogens (tertiary/aromatic N) is 3. The number of nitrogens with one attached hydrogen (secondary N) is 1. The number of hydrogen-bond acceptors (Lipinski definition) is 7. The van der Waals surface area contributed by atoms with Crippen LogP contribution in [-0.2, 0) is 4.79 Å². The van der Waals surface area contributed by atoms with Crippen LogP contribution in [0.2, 0.25) is 0 Å². The number of hydrogen-bond donors (Lipinski definition) is 1. The van der Waals surface area contributed by atoms with E-state index in [1.165, 1.54) is 21.3 Å². The lowest BCUT2D eigenvalue weighted by atomic mass is 10.1. The fourth-order valence-corrected chi connectivity index (χ4v) is 4.74. The highest BCUT2D eigenvalue weighted by molar-refractivity contribution is 5.96. The van der Waals surface area contributed by atoms with E-state index in [1.54, 1.807) is 12.1 Å². The van der Waals surface area contributed by atoms with E-state index >= 15 is 0 Å². The Balaban J connectivity index is 1.81. The van der Waals surface area contributed by atoms with Crippen LogP contribution in [0.3, 0.4) is 0 Å². The van der Waals surface area contributed by atoms with Crippen molar-refractivity contribution < 1.29 is 23.8 Å². The van der Waals surface area contributed by atoms with Gasteiger partial charge >= 0.3 is 0 Å². The monoisotopic (exact) mass is 462 g/mol. The highest BCUT2D eigenvalue weighted by atomic mass is 16.5. The average Bonchev–Trinajstić information content (AvgIpc) is 3.32. The van der Waals surface area contributed by atoms with Gasteiger partial charge in [0.1, 0.15) is 0 Å². The summed E-state index contributed by atoms with van der Waals surface area (Å²) in [5.41, 5.74) is 0.458. The second-order valence-corrected chi connectivity index (χ2v) is 8.47. The minimum Gasteiger partial charge on any atom is -0.493 e. The number of amides is 2. The molecular weight excluding hydrogens is 424 g/mol. The number of ether oxygens (including phenoxy) is 3. The third kappa shape index (κ3) is 6.09. The van der Waals surface area contributed by atoms with Crippen LogP contribution in [0.1, 0.15) is 36.5 Å². The first-order valence-corrected chi connectivity index (χ1v) is 11.8. The van der Waals surface area contributed by atoms with Gasteiger partial charge < -0.3 is 29.3 Å². The zero-order valence-electron chi connectivity index (χ0n) is 20.4. The number of benzene rings is 1. The first-order chi connectivity index (χ1) is 16.0. The van der Waals surface area contributed by atoms with E-state index in [1.807, 2.05) is 9.80 Å². The Labute approximate surface area is 196 Å². The summed E-state index contributed by atoms with van der Waals surface area (Å²) in [6.45, 7) is 8.18. The lowest BCUT2D eigenvalue weighted by Crippen LogP contribution is -2.48. The largest absolute Gasteiger partial charge is 0.493 e. The predicted molar refractivity (Wildman–Crippen MR) is 126 cm³/mol. The molecule has 1 N–H and O–H groups in total. The van der Waals surface area contributed by atoms with Crippen molar-refractivity contribution in [2.75, 3.05) is 73.7 Å². The van der Waals surface area contributed by atoms with E-state index in [2.05, 4.69) is 17.1 Å². The van der Waals surface area contributed by atoms with Crippen molar-refractivity contribution in [1.29, 1.82) is 0 Å². The molecule has 2 aliphatic heterocycles. The summed E-state index contributed by atoms with van der Waals surface area (Å²) >= 11 is 0. The average molecular weight is 463 g/mol. The minimum atomic E-state index is -0.134. The highest BCUT2D eigenvalue weighted by Gasteiger charge is 2.29. The Bertz CT molecular complexity index is 787. The molecule has 1 atom stereocenters. The molecule has 1 aromatic rings. The fourth-order valence-electron chi connectivity index (χ4n) is 4.74. The van der Waals surface area contributed by atoms with Gasteiger partial charge in [-0.15, -0.1) is 0 Å². The number of likely N-dealkylation sites (tertiary alicyclic amines) is 1. The van der Waals surface area contributed by atoms with Crippen LogP contribution >= 0.6 is 0 Å². The maximum atomic E-state index is 13.7. The molecule has 1 aromatic carbocycles. The third-order valence-corrected chi connectivity index (χ3v) is 6.60. The van der Waals surface area contributed by atoms with Gasteiger partial charge in [-0.25, -0.2) is 0 Å². The molecule has 9 heteroatoms. The molecule has 0 aliphatic carbocycles. The van der Waals surface area contributed by atoms with Gasteiger partial charge in [0, 0.05) is 57.3 Å². The van der Waals surface area contributed by atoms with Crippen molar-refractivity contribution in [2.24, 2.45) is 0 Å². The molecule has 0 saturated carbocycles. The number of likely N-dealkylation sites (N-methyl/N-ethyl adjacent to an activating group) is 1. The van der Waals surface area contributed by atoms with Gasteiger partial charge in [-0.1, -0.05) is 6.92 Å². The number of methoxy groups -OCH3 is 3. The molecule has 2 saturated heterocycles. The lowest BCUT2D eigenvalue weighted by Gasteiger charge is -2.32. The summed E-state index contributed by atoms with van der Waals surface area (Å²) in [4.78, 5) is 32.6. The number of piperazine rings is 1. The summed E-state index contributed by atoms with van der Waals surface area (Å²) in [6, 6.07) is 3.66. The van der Waals surface area contributed by atoms with Crippen LogP contribution in [-0.4, -0.2) is 106 Å². The molecule has 2 fully saturated rings. The highest BCUT2D eigenvalue weighted by Crippen LogP contribution is 2.38. The zero-order valence-corrected chi connectivity index (χ0v) is 20.4. The molecule has 33 heavy (non-hydrogen) atoms. The normalized spacial score (nSPS) is 18.8. The van der Waals surface area contributed by atoms with Gasteiger partial charge in [0.2, 0.25) is 11.7 Å². The van der Waals surface area contributed by atoms with Gasteiger partial charge in [-0.3, -0.25) is 14.5 Å². The first-order valence-electron chi connectivity index (χ1n) is 11.8. The lowest BCUT2D eigenvalue weighted by molar-refractivity contribution is -0.132. The smallest absolute Gasteiger partial charge is 0.254 e. The Hall–Kier alpha value is -2.52. The summed E-state index contributed by atoms with van der Waals surface area (Å²) in [6.07, 6.45) is 2.50. The maximum Gasteiger partial charge on any atom is 0.254 e. The van der Waals surface area contributed by atoms with Gasteiger partial charge in [-0.05, 0) is 38.1 Å². The number of carbonyl (C=O) groups excluding carboxylic acids is 2. The van der Waals surface area contributed by atoms with E-state index in [9.17, 15) is 9.59 Å². The van der Waals surface area contributed by atoms with Crippen LogP contribution in [0, 0.1) is 0 Å². The second kappa shape index (κ2) is 12.1. The molecule has 2 amide bonds. The summed E-state index contributed by atoms with van der Waals surface area (Å²) in [5.74, 6) is 1.29. The summed E-state index contributed by atoms with van der Waals surface area (Å²) in [5, 5.41) is 3.27. The minimum absolute atomic E-state index is 0.0953. The van der Waals surface area contributed by atoms with Gasteiger partial charge in [0.05, 0.1) is 21.3 Å².